The molecule has 6 heteroatoms. The van der Waals surface area contributed by atoms with Crippen LogP contribution in [0.25, 0.3) is 0 Å². The van der Waals surface area contributed by atoms with Crippen molar-refractivity contribution < 1.29 is 0 Å². The van der Waals surface area contributed by atoms with E-state index < -0.39 is 0 Å². The summed E-state index contributed by atoms with van der Waals surface area (Å²) in [6, 6.07) is 13.5. The van der Waals surface area contributed by atoms with E-state index in [1.54, 1.807) is 18.3 Å². The summed E-state index contributed by atoms with van der Waals surface area (Å²) in [6.07, 6.45) is 2.45. The second-order valence-corrected chi connectivity index (χ2v) is 6.64. The van der Waals surface area contributed by atoms with Crippen molar-refractivity contribution in [2.75, 3.05) is 37.6 Å². The Bertz CT molecular complexity index is 793. The third-order valence-corrected chi connectivity index (χ3v) is 4.85. The first-order valence-electron chi connectivity index (χ1n) is 8.92. The molecule has 0 saturated carbocycles. The molecule has 134 valence electrons. The van der Waals surface area contributed by atoms with Gasteiger partial charge in [-0.15, -0.1) is 0 Å². The maximum absolute atomic E-state index is 11.3. The molecule has 3 rings (SSSR count). The predicted molar refractivity (Wildman–Crippen MR) is 102 cm³/mol. The van der Waals surface area contributed by atoms with Gasteiger partial charge in [0.05, 0.1) is 5.56 Å². The minimum atomic E-state index is -0.297. The number of rotatable bonds is 6. The quantitative estimate of drug-likeness (QED) is 0.748. The third-order valence-electron chi connectivity index (χ3n) is 4.85. The van der Waals surface area contributed by atoms with Crippen molar-refractivity contribution in [1.82, 2.24) is 9.88 Å². The van der Waals surface area contributed by atoms with E-state index in [1.165, 1.54) is 0 Å². The lowest BCUT2D eigenvalue weighted by Gasteiger charge is -2.35. The molecule has 0 aliphatic carbocycles. The number of hydrogen-bond donors (Lipinski definition) is 0. The average molecular weight is 349 g/mol. The Kier molecular flexibility index (Phi) is 5.92. The van der Waals surface area contributed by atoms with Gasteiger partial charge in [0, 0.05) is 38.9 Å². The fourth-order valence-corrected chi connectivity index (χ4v) is 3.38. The molecule has 1 atom stereocenters. The van der Waals surface area contributed by atoms with Gasteiger partial charge in [-0.25, -0.2) is 4.98 Å². The van der Waals surface area contributed by atoms with Crippen molar-refractivity contribution in [3.63, 3.8) is 0 Å². The van der Waals surface area contributed by atoms with Crippen LogP contribution in [0.5, 0.6) is 0 Å². The maximum atomic E-state index is 11.3. The summed E-state index contributed by atoms with van der Waals surface area (Å²) in [5, 5.41) is 12.6. The van der Waals surface area contributed by atoms with Crippen molar-refractivity contribution in [3.8, 4) is 6.07 Å². The number of anilines is 1. The molecule has 0 bridgehead atoms. The number of aryl methyl sites for hydroxylation is 1. The molecule has 1 aromatic carbocycles. The van der Waals surface area contributed by atoms with Gasteiger partial charge in [-0.2, -0.15) is 10.2 Å². The van der Waals surface area contributed by atoms with Gasteiger partial charge in [0.2, 0.25) is 0 Å². The summed E-state index contributed by atoms with van der Waals surface area (Å²) in [5.74, 6) is 0.766. The smallest absolute Gasteiger partial charge is 0.146 e. The molecule has 1 aromatic heterocycles. The van der Waals surface area contributed by atoms with Crippen LogP contribution < -0.4 is 4.90 Å². The Hall–Kier alpha value is -2.78. The van der Waals surface area contributed by atoms with E-state index in [-0.39, 0.29) is 6.04 Å². The topological polar surface area (TPSA) is 72.6 Å². The van der Waals surface area contributed by atoms with E-state index in [2.05, 4.69) is 26.0 Å². The Morgan fingerprint density at radius 3 is 2.73 bits per heavy atom. The average Bonchev–Trinajstić information content (AvgIpc) is 2.69. The Balaban J connectivity index is 1.54. The Labute approximate surface area is 154 Å². The number of nitroso groups, excluding NO2 is 1. The number of piperazine rings is 1. The van der Waals surface area contributed by atoms with E-state index in [4.69, 9.17) is 0 Å². The van der Waals surface area contributed by atoms with Gasteiger partial charge in [-0.1, -0.05) is 35.0 Å². The molecule has 0 amide bonds. The van der Waals surface area contributed by atoms with Crippen LogP contribution in [-0.2, 0) is 0 Å². The Morgan fingerprint density at radius 1 is 1.23 bits per heavy atom. The van der Waals surface area contributed by atoms with Gasteiger partial charge in [0.25, 0.3) is 0 Å². The number of pyridine rings is 1. The summed E-state index contributed by atoms with van der Waals surface area (Å²) < 4.78 is 0. The molecule has 1 aliphatic heterocycles. The number of nitrogens with zero attached hydrogens (tertiary/aromatic N) is 5. The zero-order valence-electron chi connectivity index (χ0n) is 15.0. The summed E-state index contributed by atoms with van der Waals surface area (Å²) >= 11 is 0. The molecule has 2 aromatic rings. The normalized spacial score (nSPS) is 16.1. The molecule has 26 heavy (non-hydrogen) atoms. The largest absolute Gasteiger partial charge is 0.353 e. The van der Waals surface area contributed by atoms with Crippen LogP contribution in [-0.4, -0.2) is 42.6 Å². The van der Waals surface area contributed by atoms with Gasteiger partial charge >= 0.3 is 0 Å². The molecule has 1 aliphatic rings. The highest BCUT2D eigenvalue weighted by Crippen LogP contribution is 2.23. The van der Waals surface area contributed by atoms with Crippen LogP contribution in [0.3, 0.4) is 0 Å². The third kappa shape index (κ3) is 4.24. The molecule has 1 fully saturated rings. The zero-order chi connectivity index (χ0) is 18.4. The van der Waals surface area contributed by atoms with Crippen LogP contribution >= 0.6 is 0 Å². The van der Waals surface area contributed by atoms with Gasteiger partial charge < -0.3 is 4.90 Å². The molecule has 1 unspecified atom stereocenters. The maximum Gasteiger partial charge on any atom is 0.146 e. The van der Waals surface area contributed by atoms with Crippen LogP contribution in [0.2, 0.25) is 0 Å². The first-order valence-corrected chi connectivity index (χ1v) is 8.92. The van der Waals surface area contributed by atoms with Gasteiger partial charge in [-0.3, -0.25) is 4.90 Å². The number of hydrogen-bond acceptors (Lipinski definition) is 6. The van der Waals surface area contributed by atoms with E-state index >= 15 is 0 Å². The van der Waals surface area contributed by atoms with Gasteiger partial charge in [-0.05, 0) is 31.0 Å². The molecule has 0 radical (unpaired) electrons. The minimum Gasteiger partial charge on any atom is -0.353 e. The monoisotopic (exact) mass is 349 g/mol. The molecule has 2 heterocycles. The highest BCUT2D eigenvalue weighted by atomic mass is 16.3. The summed E-state index contributed by atoms with van der Waals surface area (Å²) in [4.78, 5) is 20.1. The van der Waals surface area contributed by atoms with Crippen LogP contribution in [0, 0.1) is 23.2 Å². The molecule has 0 N–H and O–H groups in total. The number of aromatic nitrogens is 1. The van der Waals surface area contributed by atoms with Crippen LogP contribution in [0.1, 0.15) is 29.2 Å². The number of nitriles is 1. The lowest BCUT2D eigenvalue weighted by atomic mass is 10.0. The standard InChI is InChI=1S/C20H23N5O/c1-16-4-2-5-17(14-16)19(23-26)7-9-24-10-12-25(13-11-24)20-18(15-21)6-3-8-22-20/h2-6,8,14,19H,7,9-13H2,1H3. The summed E-state index contributed by atoms with van der Waals surface area (Å²) in [5.41, 5.74) is 2.75. The van der Waals surface area contributed by atoms with E-state index in [0.717, 1.165) is 56.1 Å². The van der Waals surface area contributed by atoms with Crippen molar-refractivity contribution in [3.05, 3.63) is 64.2 Å². The van der Waals surface area contributed by atoms with Crippen molar-refractivity contribution >= 4 is 5.82 Å². The fourth-order valence-electron chi connectivity index (χ4n) is 3.38. The highest BCUT2D eigenvalue weighted by molar-refractivity contribution is 5.53. The van der Waals surface area contributed by atoms with Gasteiger partial charge in [0.1, 0.15) is 17.9 Å². The zero-order valence-corrected chi connectivity index (χ0v) is 15.0. The predicted octanol–water partition coefficient (Wildman–Crippen LogP) is 3.28. The van der Waals surface area contributed by atoms with Crippen molar-refractivity contribution in [2.45, 2.75) is 19.4 Å². The van der Waals surface area contributed by atoms with Crippen LogP contribution in [0.4, 0.5) is 5.82 Å². The number of benzene rings is 1. The molecule has 6 nitrogen and oxygen atoms in total. The molecule has 1 saturated heterocycles. The molecular weight excluding hydrogens is 326 g/mol. The van der Waals surface area contributed by atoms with Crippen LogP contribution in [0.15, 0.2) is 47.8 Å². The van der Waals surface area contributed by atoms with E-state index in [0.29, 0.717) is 5.56 Å². The fraction of sp³-hybridized carbons (Fsp3) is 0.400. The van der Waals surface area contributed by atoms with E-state index in [1.807, 2.05) is 31.2 Å². The minimum absolute atomic E-state index is 0.297. The summed E-state index contributed by atoms with van der Waals surface area (Å²) in [6.45, 7) is 6.30. The first-order chi connectivity index (χ1) is 12.7. The van der Waals surface area contributed by atoms with Crippen molar-refractivity contribution in [2.24, 2.45) is 5.18 Å². The van der Waals surface area contributed by atoms with Crippen molar-refractivity contribution in [1.29, 1.82) is 5.26 Å². The second kappa shape index (κ2) is 8.54. The van der Waals surface area contributed by atoms with Gasteiger partial charge in [0.15, 0.2) is 0 Å². The lowest BCUT2D eigenvalue weighted by molar-refractivity contribution is 0.248. The highest BCUT2D eigenvalue weighted by Gasteiger charge is 2.21. The lowest BCUT2D eigenvalue weighted by Crippen LogP contribution is -2.47. The SMILES string of the molecule is Cc1cccc(C(CCN2CCN(c3ncccc3C#N)CC2)N=O)c1. The second-order valence-electron chi connectivity index (χ2n) is 6.64. The molecule has 0 spiro atoms. The first kappa shape index (κ1) is 18.0. The molecular formula is C20H23N5O. The Morgan fingerprint density at radius 2 is 2.04 bits per heavy atom. The summed E-state index contributed by atoms with van der Waals surface area (Å²) in [7, 11) is 0. The van der Waals surface area contributed by atoms with E-state index in [9.17, 15) is 10.2 Å².